The number of carbonyl (C=O) groups excluding carboxylic acids is 3. The molecule has 0 spiro atoms. The Morgan fingerprint density at radius 2 is 0.618 bits per heavy atom. The van der Waals surface area contributed by atoms with Crippen molar-refractivity contribution >= 4 is 17.9 Å². The molecule has 0 aliphatic heterocycles. The molecule has 0 amide bonds. The standard InChI is InChI=1S/C49H88O6/c1-4-7-10-13-16-19-21-23-24-25-26-28-30-33-36-39-42-48(51)54-45-46(44-53-47(50)41-38-35-32-29-18-15-12-9-6-3)55-49(52)43-40-37-34-31-27-22-20-17-14-11-8-5-2/h17,20,24-25,29,32,46H,4-16,18-19,21-23,26-28,30-31,33-45H2,1-3H3/b20-17-,25-24-,32-29-. The highest BCUT2D eigenvalue weighted by atomic mass is 16.6. The summed E-state index contributed by atoms with van der Waals surface area (Å²) in [4.78, 5) is 37.7. The number of hydrogen-bond acceptors (Lipinski definition) is 6. The fourth-order valence-corrected chi connectivity index (χ4v) is 6.49. The van der Waals surface area contributed by atoms with Crippen LogP contribution in [0.2, 0.25) is 0 Å². The summed E-state index contributed by atoms with van der Waals surface area (Å²) < 4.78 is 16.7. The lowest BCUT2D eigenvalue weighted by Crippen LogP contribution is -2.30. The van der Waals surface area contributed by atoms with Crippen LogP contribution in [0.15, 0.2) is 36.5 Å². The molecule has 0 aromatic carbocycles. The normalized spacial score (nSPS) is 12.3. The van der Waals surface area contributed by atoms with Gasteiger partial charge in [0.05, 0.1) is 0 Å². The zero-order chi connectivity index (χ0) is 40.1. The fraction of sp³-hybridized carbons (Fsp3) is 0.816. The van der Waals surface area contributed by atoms with E-state index in [-0.39, 0.29) is 31.1 Å². The lowest BCUT2D eigenvalue weighted by molar-refractivity contribution is -0.167. The van der Waals surface area contributed by atoms with Gasteiger partial charge in [-0.25, -0.2) is 0 Å². The zero-order valence-corrected chi connectivity index (χ0v) is 36.4. The molecule has 320 valence electrons. The van der Waals surface area contributed by atoms with Crippen molar-refractivity contribution in [2.45, 2.75) is 245 Å². The van der Waals surface area contributed by atoms with Crippen LogP contribution in [0.4, 0.5) is 0 Å². The summed E-state index contributed by atoms with van der Waals surface area (Å²) in [6, 6.07) is 0. The molecule has 0 aliphatic rings. The molecular formula is C49H88O6. The summed E-state index contributed by atoms with van der Waals surface area (Å²) in [5.74, 6) is -0.940. The average molecular weight is 773 g/mol. The second kappa shape index (κ2) is 44.3. The molecule has 0 fully saturated rings. The first kappa shape index (κ1) is 52.6. The molecule has 0 aliphatic carbocycles. The number of hydrogen-bond donors (Lipinski definition) is 0. The van der Waals surface area contributed by atoms with Gasteiger partial charge in [0, 0.05) is 19.3 Å². The Labute approximate surface area is 340 Å². The molecule has 0 radical (unpaired) electrons. The highest BCUT2D eigenvalue weighted by molar-refractivity contribution is 5.71. The smallest absolute Gasteiger partial charge is 0.306 e. The minimum Gasteiger partial charge on any atom is -0.462 e. The first-order valence-corrected chi connectivity index (χ1v) is 23.5. The van der Waals surface area contributed by atoms with Gasteiger partial charge in [-0.2, -0.15) is 0 Å². The van der Waals surface area contributed by atoms with E-state index in [9.17, 15) is 14.4 Å². The molecule has 1 atom stereocenters. The van der Waals surface area contributed by atoms with Crippen molar-refractivity contribution in [2.24, 2.45) is 0 Å². The van der Waals surface area contributed by atoms with Crippen molar-refractivity contribution in [2.75, 3.05) is 13.2 Å². The SMILES string of the molecule is CCCCC/C=C\CCCCCCCC(=O)OC(COC(=O)CCC/C=C\CCCCCC)COC(=O)CCCCCCC/C=C\CCCCCCCCC. The minimum atomic E-state index is -0.786. The molecule has 0 N–H and O–H groups in total. The van der Waals surface area contributed by atoms with Crippen molar-refractivity contribution in [3.05, 3.63) is 36.5 Å². The van der Waals surface area contributed by atoms with E-state index in [2.05, 4.69) is 57.2 Å². The Bertz CT molecular complexity index is 938. The third-order valence-electron chi connectivity index (χ3n) is 10.1. The molecule has 0 saturated heterocycles. The quantitative estimate of drug-likeness (QED) is 0.0266. The van der Waals surface area contributed by atoms with Gasteiger partial charge in [0.25, 0.3) is 0 Å². The van der Waals surface area contributed by atoms with Crippen LogP contribution in [-0.4, -0.2) is 37.2 Å². The molecule has 1 unspecified atom stereocenters. The third-order valence-corrected chi connectivity index (χ3v) is 10.1. The van der Waals surface area contributed by atoms with Gasteiger partial charge in [-0.05, 0) is 89.9 Å². The summed E-state index contributed by atoms with van der Waals surface area (Å²) >= 11 is 0. The Morgan fingerprint density at radius 3 is 1.04 bits per heavy atom. The van der Waals surface area contributed by atoms with Gasteiger partial charge < -0.3 is 14.2 Å². The minimum absolute atomic E-state index is 0.0875. The van der Waals surface area contributed by atoms with Crippen LogP contribution in [0.25, 0.3) is 0 Å². The maximum absolute atomic E-state index is 12.7. The van der Waals surface area contributed by atoms with E-state index in [0.29, 0.717) is 19.3 Å². The van der Waals surface area contributed by atoms with Crippen molar-refractivity contribution in [1.82, 2.24) is 0 Å². The van der Waals surface area contributed by atoms with E-state index in [1.54, 1.807) is 0 Å². The maximum Gasteiger partial charge on any atom is 0.306 e. The van der Waals surface area contributed by atoms with Crippen LogP contribution in [-0.2, 0) is 28.6 Å². The van der Waals surface area contributed by atoms with Crippen molar-refractivity contribution in [1.29, 1.82) is 0 Å². The zero-order valence-electron chi connectivity index (χ0n) is 36.4. The largest absolute Gasteiger partial charge is 0.462 e. The maximum atomic E-state index is 12.7. The van der Waals surface area contributed by atoms with Crippen LogP contribution >= 0.6 is 0 Å². The predicted molar refractivity (Wildman–Crippen MR) is 233 cm³/mol. The molecule has 0 heterocycles. The van der Waals surface area contributed by atoms with Crippen LogP contribution in [0, 0.1) is 0 Å². The fourth-order valence-electron chi connectivity index (χ4n) is 6.49. The van der Waals surface area contributed by atoms with Crippen LogP contribution in [0.1, 0.15) is 239 Å². The predicted octanol–water partition coefficient (Wildman–Crippen LogP) is 15.0. The Morgan fingerprint density at radius 1 is 0.345 bits per heavy atom. The van der Waals surface area contributed by atoms with Crippen molar-refractivity contribution in [3.63, 3.8) is 0 Å². The number of carbonyl (C=O) groups is 3. The highest BCUT2D eigenvalue weighted by Gasteiger charge is 2.19. The molecule has 0 rings (SSSR count). The van der Waals surface area contributed by atoms with Gasteiger partial charge in [0.2, 0.25) is 0 Å². The monoisotopic (exact) mass is 773 g/mol. The van der Waals surface area contributed by atoms with E-state index in [0.717, 1.165) is 77.0 Å². The summed E-state index contributed by atoms with van der Waals surface area (Å²) in [6.07, 6.45) is 49.9. The first-order valence-electron chi connectivity index (χ1n) is 23.5. The first-order chi connectivity index (χ1) is 27.0. The molecule has 0 bridgehead atoms. The molecule has 55 heavy (non-hydrogen) atoms. The molecule has 0 aromatic rings. The van der Waals surface area contributed by atoms with Gasteiger partial charge in [-0.1, -0.05) is 166 Å². The van der Waals surface area contributed by atoms with E-state index in [1.807, 2.05) is 0 Å². The number of ether oxygens (including phenoxy) is 3. The van der Waals surface area contributed by atoms with Gasteiger partial charge >= 0.3 is 17.9 Å². The van der Waals surface area contributed by atoms with Gasteiger partial charge in [-0.3, -0.25) is 14.4 Å². The summed E-state index contributed by atoms with van der Waals surface area (Å²) in [5.41, 5.74) is 0. The lowest BCUT2D eigenvalue weighted by Gasteiger charge is -2.18. The second-order valence-corrected chi connectivity index (χ2v) is 15.7. The molecule has 6 nitrogen and oxygen atoms in total. The van der Waals surface area contributed by atoms with Crippen LogP contribution in [0.5, 0.6) is 0 Å². The van der Waals surface area contributed by atoms with Gasteiger partial charge in [0.1, 0.15) is 13.2 Å². The highest BCUT2D eigenvalue weighted by Crippen LogP contribution is 2.13. The average Bonchev–Trinajstić information content (AvgIpc) is 3.18. The van der Waals surface area contributed by atoms with E-state index >= 15 is 0 Å². The van der Waals surface area contributed by atoms with E-state index < -0.39 is 6.10 Å². The van der Waals surface area contributed by atoms with Crippen LogP contribution in [0.3, 0.4) is 0 Å². The number of rotatable bonds is 42. The second-order valence-electron chi connectivity index (χ2n) is 15.7. The van der Waals surface area contributed by atoms with Crippen molar-refractivity contribution in [3.8, 4) is 0 Å². The number of esters is 3. The number of unbranched alkanes of at least 4 members (excludes halogenated alkanes) is 25. The Balaban J connectivity index is 4.36. The van der Waals surface area contributed by atoms with E-state index in [1.165, 1.54) is 122 Å². The summed E-state index contributed by atoms with van der Waals surface area (Å²) in [5, 5.41) is 0. The molecule has 6 heteroatoms. The number of allylic oxidation sites excluding steroid dienone is 6. The Hall–Kier alpha value is -2.37. The summed E-state index contributed by atoms with van der Waals surface area (Å²) in [6.45, 7) is 6.53. The van der Waals surface area contributed by atoms with Crippen molar-refractivity contribution < 1.29 is 28.6 Å². The molecule has 0 aromatic heterocycles. The van der Waals surface area contributed by atoms with Gasteiger partial charge in [-0.15, -0.1) is 0 Å². The van der Waals surface area contributed by atoms with Gasteiger partial charge in [0.15, 0.2) is 6.10 Å². The molecular weight excluding hydrogens is 685 g/mol. The Kier molecular flexibility index (Phi) is 42.4. The van der Waals surface area contributed by atoms with Crippen LogP contribution < -0.4 is 0 Å². The molecule has 0 saturated carbocycles. The van der Waals surface area contributed by atoms with E-state index in [4.69, 9.17) is 14.2 Å². The topological polar surface area (TPSA) is 78.9 Å². The third kappa shape index (κ3) is 42.6. The summed E-state index contributed by atoms with van der Waals surface area (Å²) in [7, 11) is 0. The lowest BCUT2D eigenvalue weighted by atomic mass is 10.1.